The van der Waals surface area contributed by atoms with Crippen LogP contribution in [0.4, 0.5) is 15.8 Å². The number of nitrogens with zero attached hydrogens (tertiary/aromatic N) is 2. The zero-order chi connectivity index (χ0) is 23.6. The van der Waals surface area contributed by atoms with Crippen molar-refractivity contribution in [1.82, 2.24) is 9.78 Å². The smallest absolute Gasteiger partial charge is 0.276 e. The third-order valence-electron chi connectivity index (χ3n) is 4.88. The molecule has 1 aromatic heterocycles. The Morgan fingerprint density at radius 3 is 2.33 bits per heavy atom. The molecule has 0 aliphatic carbocycles. The molecule has 3 aromatic carbocycles. The number of nitrogens with one attached hydrogen (secondary N) is 2. The van der Waals surface area contributed by atoms with E-state index in [0.29, 0.717) is 23.0 Å². The molecule has 0 radical (unpaired) electrons. The van der Waals surface area contributed by atoms with Crippen LogP contribution in [0.2, 0.25) is 0 Å². The van der Waals surface area contributed by atoms with Gasteiger partial charge in [0.05, 0.1) is 16.0 Å². The van der Waals surface area contributed by atoms with Gasteiger partial charge in [0.15, 0.2) is 5.69 Å². The van der Waals surface area contributed by atoms with Gasteiger partial charge in [0, 0.05) is 17.6 Å². The SMILES string of the molecule is CCn1nc(C(=O)Nc2ccc(S(=O)(=O)Nc3cccc(F)c3)cc2)c2ccccc2c1=O. The largest absolute Gasteiger partial charge is 0.321 e. The minimum absolute atomic E-state index is 0.0622. The summed E-state index contributed by atoms with van der Waals surface area (Å²) >= 11 is 0. The van der Waals surface area contributed by atoms with Gasteiger partial charge in [-0.15, -0.1) is 0 Å². The van der Waals surface area contributed by atoms with Gasteiger partial charge >= 0.3 is 0 Å². The molecule has 0 bridgehead atoms. The normalized spacial score (nSPS) is 11.3. The van der Waals surface area contributed by atoms with Crippen molar-refractivity contribution in [3.8, 4) is 0 Å². The maximum atomic E-state index is 13.3. The van der Waals surface area contributed by atoms with Crippen LogP contribution in [-0.2, 0) is 16.6 Å². The van der Waals surface area contributed by atoms with Gasteiger partial charge in [0.1, 0.15) is 5.82 Å². The quantitative estimate of drug-likeness (QED) is 0.451. The molecular formula is C23H19FN4O4S. The van der Waals surface area contributed by atoms with Crippen LogP contribution in [0.15, 0.2) is 82.5 Å². The number of amides is 1. The Kier molecular flexibility index (Phi) is 5.93. The highest BCUT2D eigenvalue weighted by molar-refractivity contribution is 7.92. The molecule has 0 fully saturated rings. The van der Waals surface area contributed by atoms with Crippen molar-refractivity contribution in [1.29, 1.82) is 0 Å². The molecule has 0 aliphatic heterocycles. The molecular weight excluding hydrogens is 447 g/mol. The second kappa shape index (κ2) is 8.83. The highest BCUT2D eigenvalue weighted by atomic mass is 32.2. The second-order valence-corrected chi connectivity index (χ2v) is 8.79. The minimum atomic E-state index is -3.95. The number of aryl methyl sites for hydroxylation is 1. The fourth-order valence-corrected chi connectivity index (χ4v) is 4.34. The van der Waals surface area contributed by atoms with Crippen molar-refractivity contribution >= 4 is 38.1 Å². The van der Waals surface area contributed by atoms with E-state index in [1.165, 1.54) is 47.1 Å². The summed E-state index contributed by atoms with van der Waals surface area (Å²) < 4.78 is 41.9. The Morgan fingerprint density at radius 1 is 0.970 bits per heavy atom. The number of anilines is 2. The first-order chi connectivity index (χ1) is 15.8. The fourth-order valence-electron chi connectivity index (χ4n) is 3.29. The first-order valence-electron chi connectivity index (χ1n) is 9.98. The molecule has 2 N–H and O–H groups in total. The maximum absolute atomic E-state index is 13.3. The zero-order valence-corrected chi connectivity index (χ0v) is 18.3. The van der Waals surface area contributed by atoms with Gasteiger partial charge in [0.25, 0.3) is 21.5 Å². The van der Waals surface area contributed by atoms with Crippen molar-refractivity contribution < 1.29 is 17.6 Å². The van der Waals surface area contributed by atoms with E-state index in [0.717, 1.165) is 6.07 Å². The van der Waals surface area contributed by atoms with E-state index in [2.05, 4.69) is 15.1 Å². The average Bonchev–Trinajstić information content (AvgIpc) is 2.79. The van der Waals surface area contributed by atoms with Crippen LogP contribution >= 0.6 is 0 Å². The summed E-state index contributed by atoms with van der Waals surface area (Å²) in [6.07, 6.45) is 0. The molecule has 8 nitrogen and oxygen atoms in total. The van der Waals surface area contributed by atoms with Gasteiger partial charge in [-0.3, -0.25) is 14.3 Å². The van der Waals surface area contributed by atoms with Gasteiger partial charge in [-0.1, -0.05) is 24.3 Å². The molecule has 168 valence electrons. The van der Waals surface area contributed by atoms with Crippen molar-refractivity contribution in [3.05, 3.63) is 94.7 Å². The molecule has 10 heteroatoms. The van der Waals surface area contributed by atoms with E-state index >= 15 is 0 Å². The Hall–Kier alpha value is -4.05. The van der Waals surface area contributed by atoms with Gasteiger partial charge in [-0.05, 0) is 55.5 Å². The van der Waals surface area contributed by atoms with Gasteiger partial charge < -0.3 is 5.32 Å². The number of sulfonamides is 1. The fraction of sp³-hybridized carbons (Fsp3) is 0.0870. The van der Waals surface area contributed by atoms with E-state index in [9.17, 15) is 22.4 Å². The summed E-state index contributed by atoms with van der Waals surface area (Å²) in [5, 5.41) is 7.66. The molecule has 0 saturated heterocycles. The van der Waals surface area contributed by atoms with Crippen LogP contribution in [0, 0.1) is 5.82 Å². The number of rotatable bonds is 6. The van der Waals surface area contributed by atoms with E-state index in [1.807, 2.05) is 0 Å². The van der Waals surface area contributed by atoms with Crippen LogP contribution < -0.4 is 15.6 Å². The van der Waals surface area contributed by atoms with Crippen LogP contribution in [0.5, 0.6) is 0 Å². The first kappa shape index (κ1) is 22.2. The maximum Gasteiger partial charge on any atom is 0.276 e. The molecule has 0 unspecified atom stereocenters. The number of halogens is 1. The average molecular weight is 466 g/mol. The molecule has 4 aromatic rings. The summed E-state index contributed by atoms with van der Waals surface area (Å²) in [5.41, 5.74) is 0.225. The van der Waals surface area contributed by atoms with Gasteiger partial charge in [0.2, 0.25) is 0 Å². The van der Waals surface area contributed by atoms with E-state index in [1.54, 1.807) is 31.2 Å². The topological polar surface area (TPSA) is 110 Å². The number of fused-ring (bicyclic) bond motifs is 1. The van der Waals surface area contributed by atoms with Crippen molar-refractivity contribution in [2.45, 2.75) is 18.4 Å². The van der Waals surface area contributed by atoms with Crippen LogP contribution in [-0.4, -0.2) is 24.1 Å². The number of hydrogen-bond donors (Lipinski definition) is 2. The molecule has 1 heterocycles. The van der Waals surface area contributed by atoms with E-state index in [-0.39, 0.29) is 21.8 Å². The number of carbonyl (C=O) groups excluding carboxylic acids is 1. The Labute approximate surface area is 188 Å². The Balaban J connectivity index is 1.58. The van der Waals surface area contributed by atoms with Crippen molar-refractivity contribution in [2.75, 3.05) is 10.0 Å². The first-order valence-corrected chi connectivity index (χ1v) is 11.5. The lowest BCUT2D eigenvalue weighted by molar-refractivity contribution is 0.102. The highest BCUT2D eigenvalue weighted by Crippen LogP contribution is 2.20. The summed E-state index contributed by atoms with van der Waals surface area (Å²) in [4.78, 5) is 25.3. The molecule has 1 amide bonds. The number of aromatic nitrogens is 2. The van der Waals surface area contributed by atoms with Crippen LogP contribution in [0.1, 0.15) is 17.4 Å². The molecule has 0 saturated carbocycles. The number of benzene rings is 3. The molecule has 0 atom stereocenters. The number of hydrogen-bond acceptors (Lipinski definition) is 5. The van der Waals surface area contributed by atoms with Crippen LogP contribution in [0.25, 0.3) is 10.8 Å². The highest BCUT2D eigenvalue weighted by Gasteiger charge is 2.18. The molecule has 0 spiro atoms. The second-order valence-electron chi connectivity index (χ2n) is 7.11. The van der Waals surface area contributed by atoms with E-state index < -0.39 is 21.7 Å². The monoisotopic (exact) mass is 466 g/mol. The molecule has 4 rings (SSSR count). The summed E-state index contributed by atoms with van der Waals surface area (Å²) in [6, 6.07) is 17.3. The van der Waals surface area contributed by atoms with Crippen molar-refractivity contribution in [3.63, 3.8) is 0 Å². The third-order valence-corrected chi connectivity index (χ3v) is 6.28. The number of carbonyl (C=O) groups is 1. The predicted octanol–water partition coefficient (Wildman–Crippen LogP) is 3.61. The lowest BCUT2D eigenvalue weighted by Gasteiger charge is -2.11. The minimum Gasteiger partial charge on any atom is -0.321 e. The lowest BCUT2D eigenvalue weighted by Crippen LogP contribution is -2.27. The van der Waals surface area contributed by atoms with Crippen molar-refractivity contribution in [2.24, 2.45) is 0 Å². The van der Waals surface area contributed by atoms with Gasteiger partial charge in [-0.25, -0.2) is 17.5 Å². The van der Waals surface area contributed by atoms with E-state index in [4.69, 9.17) is 0 Å². The Morgan fingerprint density at radius 2 is 1.67 bits per heavy atom. The predicted molar refractivity (Wildman–Crippen MR) is 123 cm³/mol. The summed E-state index contributed by atoms with van der Waals surface area (Å²) in [7, 11) is -3.95. The zero-order valence-electron chi connectivity index (χ0n) is 17.4. The summed E-state index contributed by atoms with van der Waals surface area (Å²) in [5.74, 6) is -1.11. The molecule has 33 heavy (non-hydrogen) atoms. The van der Waals surface area contributed by atoms with Crippen LogP contribution in [0.3, 0.4) is 0 Å². The lowest BCUT2D eigenvalue weighted by atomic mass is 10.1. The van der Waals surface area contributed by atoms with Gasteiger partial charge in [-0.2, -0.15) is 5.10 Å². The summed E-state index contributed by atoms with van der Waals surface area (Å²) in [6.45, 7) is 2.05. The molecule has 0 aliphatic rings. The third kappa shape index (κ3) is 4.60. The Bertz CT molecular complexity index is 1520. The standard InChI is InChI=1S/C23H19FN4O4S/c1-2-28-23(30)20-9-4-3-8-19(20)21(26-28)22(29)25-16-10-12-18(13-11-16)33(31,32)27-17-7-5-6-15(24)14-17/h3-14,27H,2H2,1H3,(H,25,29).